The molecule has 0 amide bonds. The predicted octanol–water partition coefficient (Wildman–Crippen LogP) is 4.14. The molecule has 1 fully saturated rings. The summed E-state index contributed by atoms with van der Waals surface area (Å²) < 4.78 is 37.8. The maximum absolute atomic E-state index is 12.6. The molecule has 3 heterocycles. The lowest BCUT2D eigenvalue weighted by molar-refractivity contribution is -0.137. The van der Waals surface area contributed by atoms with Gasteiger partial charge in [0, 0.05) is 12.7 Å². The van der Waals surface area contributed by atoms with Crippen LogP contribution in [0.5, 0.6) is 0 Å². The van der Waals surface area contributed by atoms with Gasteiger partial charge in [-0.15, -0.1) is 0 Å². The molecule has 2 aromatic heterocycles. The number of aromatic amines is 1. The van der Waals surface area contributed by atoms with Gasteiger partial charge in [-0.25, -0.2) is 9.97 Å². The first-order chi connectivity index (χ1) is 12.4. The number of anilines is 2. The van der Waals surface area contributed by atoms with Crippen LogP contribution < -0.4 is 5.32 Å². The van der Waals surface area contributed by atoms with E-state index >= 15 is 0 Å². The van der Waals surface area contributed by atoms with E-state index in [1.165, 1.54) is 11.6 Å². The van der Waals surface area contributed by atoms with Crippen LogP contribution in [0.15, 0.2) is 36.5 Å². The van der Waals surface area contributed by atoms with Crippen LogP contribution in [0.1, 0.15) is 23.5 Å². The maximum Gasteiger partial charge on any atom is 0.417 e. The third-order valence-corrected chi connectivity index (χ3v) is 4.71. The Bertz CT molecular complexity index is 917. The third kappa shape index (κ3) is 3.37. The molecule has 1 aliphatic heterocycles. The fourth-order valence-electron chi connectivity index (χ4n) is 3.30. The minimum Gasteiger partial charge on any atom is -0.324 e. The Balaban J connectivity index is 1.54. The number of nitrogens with zero attached hydrogens (tertiary/aromatic N) is 3. The Morgan fingerprint density at radius 2 is 2.08 bits per heavy atom. The molecule has 26 heavy (non-hydrogen) atoms. The van der Waals surface area contributed by atoms with E-state index in [1.54, 1.807) is 0 Å². The third-order valence-electron chi connectivity index (χ3n) is 4.71. The lowest BCUT2D eigenvalue weighted by atomic mass is 9.98. The van der Waals surface area contributed by atoms with Gasteiger partial charge in [-0.2, -0.15) is 13.2 Å². The zero-order valence-electron chi connectivity index (χ0n) is 14.1. The molecule has 0 aliphatic carbocycles. The van der Waals surface area contributed by atoms with Gasteiger partial charge in [-0.3, -0.25) is 0 Å². The molecule has 1 atom stereocenters. The number of nitrogens with one attached hydrogen (secondary N) is 2. The number of rotatable bonds is 3. The second-order valence-electron chi connectivity index (χ2n) is 6.66. The van der Waals surface area contributed by atoms with Crippen LogP contribution in [0.2, 0.25) is 0 Å². The topological polar surface area (TPSA) is 56.8 Å². The number of alkyl halides is 3. The van der Waals surface area contributed by atoms with Gasteiger partial charge in [-0.05, 0) is 55.8 Å². The Morgan fingerprint density at radius 1 is 1.23 bits per heavy atom. The van der Waals surface area contributed by atoms with Gasteiger partial charge in [-0.1, -0.05) is 6.07 Å². The summed E-state index contributed by atoms with van der Waals surface area (Å²) in [6.45, 7) is 2.14. The summed E-state index contributed by atoms with van der Waals surface area (Å²) in [6.07, 6.45) is -2.45. The summed E-state index contributed by atoms with van der Waals surface area (Å²) in [5.74, 6) is 1.27. The number of hydrogen-bond acceptors (Lipinski definition) is 4. The number of fused-ring (bicyclic) bond motifs is 1. The maximum atomic E-state index is 12.6. The largest absolute Gasteiger partial charge is 0.417 e. The first-order valence-electron chi connectivity index (χ1n) is 8.37. The van der Waals surface area contributed by atoms with Crippen LogP contribution in [0.4, 0.5) is 24.9 Å². The minimum absolute atomic E-state index is 0.301. The lowest BCUT2D eigenvalue weighted by Crippen LogP contribution is -2.13. The normalized spacial score (nSPS) is 18.5. The number of likely N-dealkylation sites (N-methyl/N-ethyl adjacent to an activating group) is 1. The lowest BCUT2D eigenvalue weighted by Gasteiger charge is -2.10. The van der Waals surface area contributed by atoms with Crippen molar-refractivity contribution < 1.29 is 13.2 Å². The molecule has 0 spiro atoms. The average Bonchev–Trinajstić information content (AvgIpc) is 3.19. The van der Waals surface area contributed by atoms with Crippen molar-refractivity contribution in [2.24, 2.45) is 0 Å². The molecule has 0 radical (unpaired) electrons. The number of halogens is 3. The molecule has 1 saturated heterocycles. The molecular weight excluding hydrogens is 343 g/mol. The van der Waals surface area contributed by atoms with Crippen LogP contribution in [0.25, 0.3) is 11.0 Å². The SMILES string of the molecule is CN1CCC(c2ccc3nc(Nc4ccc(C(F)(F)F)cn4)[nH]c3c2)C1. The average molecular weight is 361 g/mol. The van der Waals surface area contributed by atoms with E-state index in [4.69, 9.17) is 0 Å². The van der Waals surface area contributed by atoms with Crippen LogP contribution in [-0.4, -0.2) is 40.0 Å². The van der Waals surface area contributed by atoms with Crippen LogP contribution in [-0.2, 0) is 6.18 Å². The molecule has 1 aliphatic rings. The minimum atomic E-state index is -4.39. The zero-order chi connectivity index (χ0) is 18.3. The number of aromatic nitrogens is 3. The second kappa shape index (κ2) is 6.28. The summed E-state index contributed by atoms with van der Waals surface area (Å²) in [5.41, 5.74) is 2.18. The molecule has 3 aromatic rings. The highest BCUT2D eigenvalue weighted by Gasteiger charge is 2.30. The van der Waals surface area contributed by atoms with E-state index < -0.39 is 11.7 Å². The molecule has 1 unspecified atom stereocenters. The zero-order valence-corrected chi connectivity index (χ0v) is 14.1. The summed E-state index contributed by atoms with van der Waals surface area (Å²) in [7, 11) is 2.12. The Morgan fingerprint density at radius 3 is 2.73 bits per heavy atom. The van der Waals surface area contributed by atoms with Crippen LogP contribution >= 0.6 is 0 Å². The van der Waals surface area contributed by atoms with Crippen LogP contribution in [0.3, 0.4) is 0 Å². The molecule has 5 nitrogen and oxygen atoms in total. The summed E-state index contributed by atoms with van der Waals surface area (Å²) in [4.78, 5) is 13.7. The predicted molar refractivity (Wildman–Crippen MR) is 93.5 cm³/mol. The Labute approximate surface area is 148 Å². The highest BCUT2D eigenvalue weighted by Crippen LogP contribution is 2.30. The smallest absolute Gasteiger partial charge is 0.324 e. The number of likely N-dealkylation sites (tertiary alicyclic amines) is 1. The molecule has 1 aromatic carbocycles. The molecular formula is C18H18F3N5. The molecule has 4 rings (SSSR count). The molecule has 136 valence electrons. The Kier molecular flexibility index (Phi) is 4.07. The van der Waals surface area contributed by atoms with Gasteiger partial charge in [0.2, 0.25) is 5.95 Å². The van der Waals surface area contributed by atoms with Gasteiger partial charge in [0.1, 0.15) is 5.82 Å². The summed E-state index contributed by atoms with van der Waals surface area (Å²) >= 11 is 0. The number of benzene rings is 1. The highest BCUT2D eigenvalue weighted by molar-refractivity contribution is 5.79. The molecule has 8 heteroatoms. The van der Waals surface area contributed by atoms with E-state index in [2.05, 4.69) is 44.3 Å². The van der Waals surface area contributed by atoms with Gasteiger partial charge >= 0.3 is 6.18 Å². The van der Waals surface area contributed by atoms with E-state index in [0.29, 0.717) is 17.7 Å². The number of imidazole rings is 1. The quantitative estimate of drug-likeness (QED) is 0.736. The second-order valence-corrected chi connectivity index (χ2v) is 6.66. The van der Waals surface area contributed by atoms with E-state index in [1.807, 2.05) is 6.07 Å². The van der Waals surface area contributed by atoms with Crippen LogP contribution in [0, 0.1) is 0 Å². The van der Waals surface area contributed by atoms with Crippen molar-refractivity contribution in [1.29, 1.82) is 0 Å². The van der Waals surface area contributed by atoms with Gasteiger partial charge in [0.05, 0.1) is 16.6 Å². The molecule has 0 saturated carbocycles. The van der Waals surface area contributed by atoms with Gasteiger partial charge < -0.3 is 15.2 Å². The standard InChI is InChI=1S/C18H18F3N5/c1-26-7-6-12(10-26)11-2-4-14-15(8-11)24-17(23-14)25-16-5-3-13(9-22-16)18(19,20)21/h2-5,8-9,12H,6-7,10H2,1H3,(H2,22,23,24,25). The monoisotopic (exact) mass is 361 g/mol. The Hall–Kier alpha value is -2.61. The first-order valence-corrected chi connectivity index (χ1v) is 8.37. The van der Waals surface area contributed by atoms with Crippen molar-refractivity contribution in [1.82, 2.24) is 19.9 Å². The fraction of sp³-hybridized carbons (Fsp3) is 0.333. The summed E-state index contributed by atoms with van der Waals surface area (Å²) in [5, 5.41) is 2.91. The van der Waals surface area contributed by atoms with Gasteiger partial charge in [0.15, 0.2) is 0 Å². The number of pyridine rings is 1. The van der Waals surface area contributed by atoms with Crippen molar-refractivity contribution >= 4 is 22.8 Å². The molecule has 0 bridgehead atoms. The number of H-pyrrole nitrogens is 1. The van der Waals surface area contributed by atoms with E-state index in [0.717, 1.165) is 42.8 Å². The van der Waals surface area contributed by atoms with E-state index in [9.17, 15) is 13.2 Å². The van der Waals surface area contributed by atoms with Crippen molar-refractivity contribution in [3.8, 4) is 0 Å². The van der Waals surface area contributed by atoms with Gasteiger partial charge in [0.25, 0.3) is 0 Å². The first kappa shape index (κ1) is 16.8. The van der Waals surface area contributed by atoms with Crippen molar-refractivity contribution in [3.05, 3.63) is 47.7 Å². The van der Waals surface area contributed by atoms with Crippen molar-refractivity contribution in [2.45, 2.75) is 18.5 Å². The summed E-state index contributed by atoms with van der Waals surface area (Å²) in [6, 6.07) is 8.43. The number of hydrogen-bond donors (Lipinski definition) is 2. The molecule has 2 N–H and O–H groups in total. The van der Waals surface area contributed by atoms with Crippen molar-refractivity contribution in [3.63, 3.8) is 0 Å². The highest BCUT2D eigenvalue weighted by atomic mass is 19.4. The van der Waals surface area contributed by atoms with Crippen molar-refractivity contribution in [2.75, 3.05) is 25.5 Å². The fourth-order valence-corrected chi connectivity index (χ4v) is 3.30. The van der Waals surface area contributed by atoms with E-state index in [-0.39, 0.29) is 0 Å².